The van der Waals surface area contributed by atoms with Gasteiger partial charge in [0.2, 0.25) is 0 Å². The van der Waals surface area contributed by atoms with Crippen LogP contribution in [0.5, 0.6) is 0 Å². The van der Waals surface area contributed by atoms with Crippen LogP contribution in [0.1, 0.15) is 24.3 Å². The zero-order chi connectivity index (χ0) is 16.5. The third-order valence-corrected chi connectivity index (χ3v) is 4.09. The number of rotatable bonds is 4. The molecule has 0 spiro atoms. The molecule has 0 unspecified atom stereocenters. The Morgan fingerprint density at radius 1 is 0.833 bits per heavy atom. The first-order valence-corrected chi connectivity index (χ1v) is 7.84. The van der Waals surface area contributed by atoms with Crippen LogP contribution in [-0.2, 0) is 0 Å². The largest absolute Gasteiger partial charge is 0.353 e. The summed E-state index contributed by atoms with van der Waals surface area (Å²) in [5.74, 6) is -0.602. The van der Waals surface area contributed by atoms with Gasteiger partial charge < -0.3 is 5.32 Å². The monoisotopic (exact) mass is 323 g/mol. The Morgan fingerprint density at radius 2 is 1.46 bits per heavy atom. The molecule has 1 fully saturated rings. The maximum Gasteiger partial charge on any atom is 0.165 e. The molecular weight excluding hydrogens is 308 g/mol. The molecule has 3 aromatic rings. The molecule has 0 aliphatic heterocycles. The molecule has 0 amide bonds. The Morgan fingerprint density at radius 3 is 2.04 bits per heavy atom. The Kier molecular flexibility index (Phi) is 3.69. The van der Waals surface area contributed by atoms with Crippen LogP contribution in [0, 0.1) is 11.6 Å². The Balaban J connectivity index is 1.53. The third-order valence-electron chi connectivity index (χ3n) is 4.09. The van der Waals surface area contributed by atoms with Gasteiger partial charge in [-0.25, -0.2) is 18.7 Å². The molecule has 1 saturated carbocycles. The van der Waals surface area contributed by atoms with Crippen molar-refractivity contribution in [2.24, 2.45) is 0 Å². The molecule has 1 aromatic heterocycles. The summed E-state index contributed by atoms with van der Waals surface area (Å²) >= 11 is 0. The lowest BCUT2D eigenvalue weighted by atomic mass is 10.1. The van der Waals surface area contributed by atoms with Crippen LogP contribution >= 0.6 is 0 Å². The summed E-state index contributed by atoms with van der Waals surface area (Å²) in [7, 11) is 0. The van der Waals surface area contributed by atoms with Gasteiger partial charge in [0.25, 0.3) is 0 Å². The van der Waals surface area contributed by atoms with Crippen molar-refractivity contribution in [3.63, 3.8) is 0 Å². The zero-order valence-corrected chi connectivity index (χ0v) is 12.8. The average Bonchev–Trinajstić information content (AvgIpc) is 3.42. The number of nitrogens with one attached hydrogen (secondary N) is 1. The second kappa shape index (κ2) is 6.00. The SMILES string of the molecule is Fc1cccc(F)c1-c1ncc(Nc2ccc(C3CC3)cc2)cn1. The molecule has 5 heteroatoms. The van der Waals surface area contributed by atoms with Crippen molar-refractivity contribution in [1.82, 2.24) is 9.97 Å². The van der Waals surface area contributed by atoms with E-state index in [4.69, 9.17) is 0 Å². The van der Waals surface area contributed by atoms with Crippen LogP contribution in [-0.4, -0.2) is 9.97 Å². The van der Waals surface area contributed by atoms with Gasteiger partial charge in [0.15, 0.2) is 5.82 Å². The van der Waals surface area contributed by atoms with Crippen molar-refractivity contribution in [3.8, 4) is 11.4 Å². The number of halogens is 2. The molecule has 0 radical (unpaired) electrons. The van der Waals surface area contributed by atoms with Crippen molar-refractivity contribution in [3.05, 3.63) is 72.1 Å². The molecular formula is C19H15F2N3. The summed E-state index contributed by atoms with van der Waals surface area (Å²) in [6.45, 7) is 0. The van der Waals surface area contributed by atoms with Crippen LogP contribution in [0.15, 0.2) is 54.9 Å². The minimum absolute atomic E-state index is 0.0280. The van der Waals surface area contributed by atoms with Gasteiger partial charge in [0.05, 0.1) is 23.6 Å². The molecule has 2 aromatic carbocycles. The zero-order valence-electron chi connectivity index (χ0n) is 12.8. The number of aromatic nitrogens is 2. The number of benzene rings is 2. The van der Waals surface area contributed by atoms with E-state index in [1.54, 1.807) is 0 Å². The van der Waals surface area contributed by atoms with Crippen molar-refractivity contribution in [2.45, 2.75) is 18.8 Å². The molecule has 0 atom stereocenters. The smallest absolute Gasteiger partial charge is 0.165 e. The van der Waals surface area contributed by atoms with E-state index in [-0.39, 0.29) is 11.4 Å². The van der Waals surface area contributed by atoms with E-state index in [2.05, 4.69) is 27.4 Å². The highest BCUT2D eigenvalue weighted by Gasteiger charge is 2.22. The fraction of sp³-hybridized carbons (Fsp3) is 0.158. The van der Waals surface area contributed by atoms with Gasteiger partial charge >= 0.3 is 0 Å². The lowest BCUT2D eigenvalue weighted by Gasteiger charge is -2.08. The summed E-state index contributed by atoms with van der Waals surface area (Å²) in [5, 5.41) is 3.19. The van der Waals surface area contributed by atoms with E-state index in [9.17, 15) is 8.78 Å². The van der Waals surface area contributed by atoms with Crippen molar-refractivity contribution in [2.75, 3.05) is 5.32 Å². The van der Waals surface area contributed by atoms with Crippen LogP contribution in [0.3, 0.4) is 0 Å². The molecule has 1 N–H and O–H groups in total. The van der Waals surface area contributed by atoms with Crippen molar-refractivity contribution in [1.29, 1.82) is 0 Å². The molecule has 1 heterocycles. The molecule has 1 aliphatic rings. The Bertz CT molecular complexity index is 837. The second-order valence-electron chi connectivity index (χ2n) is 5.91. The van der Waals surface area contributed by atoms with E-state index >= 15 is 0 Å². The number of anilines is 2. The van der Waals surface area contributed by atoms with E-state index in [1.807, 2.05) is 12.1 Å². The molecule has 0 saturated heterocycles. The van der Waals surface area contributed by atoms with Gasteiger partial charge in [-0.2, -0.15) is 0 Å². The highest BCUT2D eigenvalue weighted by atomic mass is 19.1. The first kappa shape index (κ1) is 14.8. The topological polar surface area (TPSA) is 37.8 Å². The lowest BCUT2D eigenvalue weighted by molar-refractivity contribution is 0.587. The van der Waals surface area contributed by atoms with E-state index in [0.29, 0.717) is 5.69 Å². The summed E-state index contributed by atoms with van der Waals surface area (Å²) in [6, 6.07) is 11.9. The van der Waals surface area contributed by atoms with Crippen LogP contribution < -0.4 is 5.32 Å². The normalized spacial score (nSPS) is 13.8. The molecule has 0 bridgehead atoms. The quantitative estimate of drug-likeness (QED) is 0.730. The predicted molar refractivity (Wildman–Crippen MR) is 89.1 cm³/mol. The molecule has 24 heavy (non-hydrogen) atoms. The Hall–Kier alpha value is -2.82. The van der Waals surface area contributed by atoms with Gasteiger partial charge in [-0.15, -0.1) is 0 Å². The first-order valence-electron chi connectivity index (χ1n) is 7.84. The maximum absolute atomic E-state index is 13.8. The predicted octanol–water partition coefficient (Wildman–Crippen LogP) is 5.04. The highest BCUT2D eigenvalue weighted by Crippen LogP contribution is 2.40. The van der Waals surface area contributed by atoms with Crippen LogP contribution in [0.2, 0.25) is 0 Å². The van der Waals surface area contributed by atoms with E-state index in [1.165, 1.54) is 49.0 Å². The van der Waals surface area contributed by atoms with Gasteiger partial charge in [0, 0.05) is 5.69 Å². The standard InChI is InChI=1S/C19H15F2N3/c20-16-2-1-3-17(21)18(16)19-22-10-15(11-23-19)24-14-8-6-13(7-9-14)12-4-5-12/h1-3,6-12,24H,4-5H2. The minimum Gasteiger partial charge on any atom is -0.353 e. The Labute approximate surface area is 138 Å². The first-order chi connectivity index (χ1) is 11.7. The van der Waals surface area contributed by atoms with Gasteiger partial charge in [-0.3, -0.25) is 0 Å². The second-order valence-corrected chi connectivity index (χ2v) is 5.91. The van der Waals surface area contributed by atoms with Crippen LogP contribution in [0.4, 0.5) is 20.2 Å². The summed E-state index contributed by atoms with van der Waals surface area (Å²) in [5.41, 5.74) is 2.74. The number of hydrogen-bond donors (Lipinski definition) is 1. The highest BCUT2D eigenvalue weighted by molar-refractivity contribution is 5.61. The number of nitrogens with zero attached hydrogens (tertiary/aromatic N) is 2. The van der Waals surface area contributed by atoms with E-state index < -0.39 is 11.6 Å². The fourth-order valence-corrected chi connectivity index (χ4v) is 2.66. The minimum atomic E-state index is -0.675. The lowest BCUT2D eigenvalue weighted by Crippen LogP contribution is -1.98. The van der Waals surface area contributed by atoms with Gasteiger partial charge in [-0.05, 0) is 48.6 Å². The van der Waals surface area contributed by atoms with Gasteiger partial charge in [-0.1, -0.05) is 18.2 Å². The van der Waals surface area contributed by atoms with Gasteiger partial charge in [0.1, 0.15) is 11.6 Å². The number of hydrogen-bond acceptors (Lipinski definition) is 3. The molecule has 1 aliphatic carbocycles. The van der Waals surface area contributed by atoms with Crippen molar-refractivity contribution >= 4 is 11.4 Å². The summed E-state index contributed by atoms with van der Waals surface area (Å²) in [6.07, 6.45) is 5.58. The molecule has 120 valence electrons. The third kappa shape index (κ3) is 2.97. The van der Waals surface area contributed by atoms with Crippen molar-refractivity contribution < 1.29 is 8.78 Å². The molecule has 3 nitrogen and oxygen atoms in total. The molecule has 4 rings (SSSR count). The average molecular weight is 323 g/mol. The fourth-order valence-electron chi connectivity index (χ4n) is 2.66. The summed E-state index contributed by atoms with van der Waals surface area (Å²) in [4.78, 5) is 8.14. The van der Waals surface area contributed by atoms with E-state index in [0.717, 1.165) is 11.6 Å². The summed E-state index contributed by atoms with van der Waals surface area (Å²) < 4.78 is 27.5. The van der Waals surface area contributed by atoms with Crippen LogP contribution in [0.25, 0.3) is 11.4 Å². The maximum atomic E-state index is 13.8.